The summed E-state index contributed by atoms with van der Waals surface area (Å²) in [6.45, 7) is 2.47. The number of rotatable bonds is 8. The molecule has 0 radical (unpaired) electrons. The molecule has 0 aliphatic carbocycles. The Morgan fingerprint density at radius 2 is 2.09 bits per heavy atom. The minimum atomic E-state index is -0.703. The predicted molar refractivity (Wildman–Crippen MR) is 87.9 cm³/mol. The van der Waals surface area contributed by atoms with Gasteiger partial charge in [0.15, 0.2) is 18.5 Å². The van der Waals surface area contributed by atoms with Crippen molar-refractivity contribution in [2.75, 3.05) is 26.1 Å². The molecule has 1 aliphatic heterocycles. The van der Waals surface area contributed by atoms with E-state index in [0.717, 1.165) is 24.3 Å². The van der Waals surface area contributed by atoms with E-state index in [4.69, 9.17) is 14.2 Å². The van der Waals surface area contributed by atoms with Crippen molar-refractivity contribution < 1.29 is 23.8 Å². The summed E-state index contributed by atoms with van der Waals surface area (Å²) in [5.74, 6) is -0.755. The van der Waals surface area contributed by atoms with Crippen molar-refractivity contribution in [3.8, 4) is 0 Å². The fraction of sp³-hybridized carbons (Fsp3) is 0.529. The van der Waals surface area contributed by atoms with Gasteiger partial charge in [-0.3, -0.25) is 4.79 Å². The molecule has 23 heavy (non-hydrogen) atoms. The van der Waals surface area contributed by atoms with Crippen LogP contribution < -0.4 is 0 Å². The predicted octanol–water partition coefficient (Wildman–Crippen LogP) is 2.72. The first-order chi connectivity index (χ1) is 11.1. The average molecular weight is 338 g/mol. The van der Waals surface area contributed by atoms with Crippen molar-refractivity contribution in [3.05, 3.63) is 29.8 Å². The molecule has 5 nitrogen and oxygen atoms in total. The van der Waals surface area contributed by atoms with Crippen LogP contribution in [0, 0.1) is 0 Å². The monoisotopic (exact) mass is 338 g/mol. The Morgan fingerprint density at radius 3 is 2.70 bits per heavy atom. The van der Waals surface area contributed by atoms with Crippen LogP contribution in [0.3, 0.4) is 0 Å². The molecule has 2 unspecified atom stereocenters. The van der Waals surface area contributed by atoms with E-state index in [-0.39, 0.29) is 18.5 Å². The maximum absolute atomic E-state index is 12.0. The normalized spacial score (nSPS) is 18.6. The van der Waals surface area contributed by atoms with E-state index in [1.165, 1.54) is 0 Å². The van der Waals surface area contributed by atoms with Crippen molar-refractivity contribution in [2.45, 2.75) is 36.9 Å². The Labute approximate surface area is 140 Å². The maximum atomic E-state index is 12.0. The van der Waals surface area contributed by atoms with Gasteiger partial charge in [0, 0.05) is 17.1 Å². The van der Waals surface area contributed by atoms with E-state index in [1.807, 2.05) is 18.4 Å². The van der Waals surface area contributed by atoms with Gasteiger partial charge in [-0.2, -0.15) is 0 Å². The van der Waals surface area contributed by atoms with Gasteiger partial charge in [0.1, 0.15) is 0 Å². The fourth-order valence-electron chi connectivity index (χ4n) is 2.21. The Morgan fingerprint density at radius 1 is 1.35 bits per heavy atom. The highest BCUT2D eigenvalue weighted by Gasteiger charge is 2.21. The lowest BCUT2D eigenvalue weighted by Crippen LogP contribution is -2.28. The van der Waals surface area contributed by atoms with Crippen LogP contribution in [0.2, 0.25) is 0 Å². The number of esters is 1. The number of ether oxygens (including phenoxy) is 3. The van der Waals surface area contributed by atoms with Crippen LogP contribution in [0.15, 0.2) is 29.2 Å². The summed E-state index contributed by atoms with van der Waals surface area (Å²) in [5, 5.41) is 0. The standard InChI is InChI=1S/C17H22O5S/c1-12(21-10-14-4-3-9-20-14)17(19)22-11-16(18)13-5-7-15(23-2)8-6-13/h5-8,12,14H,3-4,9-11H2,1-2H3. The van der Waals surface area contributed by atoms with Crippen molar-refractivity contribution >= 4 is 23.5 Å². The molecule has 0 spiro atoms. The lowest BCUT2D eigenvalue weighted by molar-refractivity contribution is -0.156. The first-order valence-corrected chi connectivity index (χ1v) is 8.89. The summed E-state index contributed by atoms with van der Waals surface area (Å²) < 4.78 is 15.9. The average Bonchev–Trinajstić information content (AvgIpc) is 3.10. The molecule has 2 atom stereocenters. The van der Waals surface area contributed by atoms with Gasteiger partial charge in [0.05, 0.1) is 12.7 Å². The van der Waals surface area contributed by atoms with Gasteiger partial charge in [-0.1, -0.05) is 12.1 Å². The zero-order chi connectivity index (χ0) is 16.7. The zero-order valence-electron chi connectivity index (χ0n) is 13.4. The van der Waals surface area contributed by atoms with Crippen molar-refractivity contribution in [3.63, 3.8) is 0 Å². The summed E-state index contributed by atoms with van der Waals surface area (Å²) >= 11 is 1.60. The lowest BCUT2D eigenvalue weighted by Gasteiger charge is -2.15. The van der Waals surface area contributed by atoms with Crippen LogP contribution in [0.5, 0.6) is 0 Å². The summed E-state index contributed by atoms with van der Waals surface area (Å²) in [4.78, 5) is 24.9. The molecule has 1 heterocycles. The molecule has 0 saturated carbocycles. The smallest absolute Gasteiger partial charge is 0.335 e. The number of Topliss-reactive ketones (excluding diaryl/α,β-unsaturated/α-hetero) is 1. The molecular weight excluding hydrogens is 316 g/mol. The van der Waals surface area contributed by atoms with Gasteiger partial charge in [-0.05, 0) is 38.2 Å². The van der Waals surface area contributed by atoms with Crippen LogP contribution in [-0.4, -0.2) is 50.0 Å². The van der Waals surface area contributed by atoms with Gasteiger partial charge < -0.3 is 14.2 Å². The Kier molecular flexibility index (Phi) is 7.08. The Balaban J connectivity index is 1.72. The fourth-order valence-corrected chi connectivity index (χ4v) is 2.62. The zero-order valence-corrected chi connectivity index (χ0v) is 14.3. The van der Waals surface area contributed by atoms with Crippen molar-refractivity contribution in [1.82, 2.24) is 0 Å². The number of thioether (sulfide) groups is 1. The second-order valence-electron chi connectivity index (χ2n) is 5.37. The molecule has 6 heteroatoms. The number of hydrogen-bond donors (Lipinski definition) is 0. The lowest BCUT2D eigenvalue weighted by atomic mass is 10.1. The van der Waals surface area contributed by atoms with E-state index in [1.54, 1.807) is 30.8 Å². The summed E-state index contributed by atoms with van der Waals surface area (Å²) in [7, 11) is 0. The highest BCUT2D eigenvalue weighted by atomic mass is 32.2. The molecular formula is C17H22O5S. The van der Waals surface area contributed by atoms with Crippen LogP contribution in [0.25, 0.3) is 0 Å². The third-order valence-corrected chi connectivity index (χ3v) is 4.39. The Hall–Kier alpha value is -1.37. The number of ketones is 1. The minimum absolute atomic E-state index is 0.0573. The minimum Gasteiger partial charge on any atom is -0.455 e. The molecule has 1 fully saturated rings. The molecule has 1 aromatic carbocycles. The Bertz CT molecular complexity index is 522. The van der Waals surface area contributed by atoms with E-state index in [2.05, 4.69) is 0 Å². The second kappa shape index (κ2) is 9.05. The maximum Gasteiger partial charge on any atom is 0.335 e. The first-order valence-electron chi connectivity index (χ1n) is 7.67. The molecule has 2 rings (SSSR count). The summed E-state index contributed by atoms with van der Waals surface area (Å²) in [5.41, 5.74) is 0.531. The van der Waals surface area contributed by atoms with Gasteiger partial charge in [0.2, 0.25) is 0 Å². The molecule has 0 amide bonds. The summed E-state index contributed by atoms with van der Waals surface area (Å²) in [6.07, 6.45) is 3.30. The highest BCUT2D eigenvalue weighted by Crippen LogP contribution is 2.15. The third kappa shape index (κ3) is 5.64. The highest BCUT2D eigenvalue weighted by molar-refractivity contribution is 7.98. The molecule has 1 aromatic rings. The van der Waals surface area contributed by atoms with E-state index in [9.17, 15) is 9.59 Å². The number of carbonyl (C=O) groups is 2. The van der Waals surface area contributed by atoms with Crippen LogP contribution >= 0.6 is 11.8 Å². The van der Waals surface area contributed by atoms with Crippen molar-refractivity contribution in [2.24, 2.45) is 0 Å². The quantitative estimate of drug-likeness (QED) is 0.413. The topological polar surface area (TPSA) is 61.8 Å². The first kappa shape index (κ1) is 18.0. The van der Waals surface area contributed by atoms with Gasteiger partial charge in [-0.25, -0.2) is 4.79 Å². The molecule has 1 aliphatic rings. The van der Waals surface area contributed by atoms with Gasteiger partial charge in [0.25, 0.3) is 0 Å². The van der Waals surface area contributed by atoms with Crippen molar-refractivity contribution in [1.29, 1.82) is 0 Å². The molecule has 1 saturated heterocycles. The van der Waals surface area contributed by atoms with Gasteiger partial charge >= 0.3 is 5.97 Å². The SMILES string of the molecule is CSc1ccc(C(=O)COC(=O)C(C)OCC2CCCO2)cc1. The summed E-state index contributed by atoms with van der Waals surface area (Å²) in [6, 6.07) is 7.21. The van der Waals surface area contributed by atoms with E-state index >= 15 is 0 Å². The third-order valence-electron chi connectivity index (χ3n) is 3.65. The van der Waals surface area contributed by atoms with E-state index < -0.39 is 12.1 Å². The second-order valence-corrected chi connectivity index (χ2v) is 6.25. The number of hydrogen-bond acceptors (Lipinski definition) is 6. The molecule has 0 N–H and O–H groups in total. The van der Waals surface area contributed by atoms with E-state index in [0.29, 0.717) is 12.2 Å². The van der Waals surface area contributed by atoms with Crippen LogP contribution in [-0.2, 0) is 19.0 Å². The van der Waals surface area contributed by atoms with Gasteiger partial charge in [-0.15, -0.1) is 11.8 Å². The number of benzene rings is 1. The molecule has 126 valence electrons. The number of carbonyl (C=O) groups excluding carboxylic acids is 2. The van der Waals surface area contributed by atoms with Crippen LogP contribution in [0.1, 0.15) is 30.1 Å². The van der Waals surface area contributed by atoms with Crippen LogP contribution in [0.4, 0.5) is 0 Å². The molecule has 0 bridgehead atoms. The largest absolute Gasteiger partial charge is 0.455 e. The molecule has 0 aromatic heterocycles.